The highest BCUT2D eigenvalue weighted by Crippen LogP contribution is 2.39. The number of aromatic nitrogens is 1. The SMILES string of the molecule is Clc1ccccc1C#Cc1cc2c(s1)-c1cnccc1OCC2. The van der Waals surface area contributed by atoms with Crippen molar-refractivity contribution >= 4 is 22.9 Å². The van der Waals surface area contributed by atoms with Gasteiger partial charge in [0.25, 0.3) is 0 Å². The van der Waals surface area contributed by atoms with Crippen molar-refractivity contribution in [3.05, 3.63) is 69.8 Å². The number of ether oxygens (including phenoxy) is 1. The molecule has 3 heterocycles. The van der Waals surface area contributed by atoms with Crippen molar-refractivity contribution in [1.29, 1.82) is 0 Å². The fraction of sp³-hybridized carbons (Fsp3) is 0.105. The van der Waals surface area contributed by atoms with Crippen molar-refractivity contribution in [3.63, 3.8) is 0 Å². The summed E-state index contributed by atoms with van der Waals surface area (Å²) in [6.07, 6.45) is 4.51. The molecule has 3 aromatic rings. The van der Waals surface area contributed by atoms with Gasteiger partial charge >= 0.3 is 0 Å². The zero-order chi connectivity index (χ0) is 15.6. The fourth-order valence-electron chi connectivity index (χ4n) is 2.54. The highest BCUT2D eigenvalue weighted by atomic mass is 35.5. The highest BCUT2D eigenvalue weighted by molar-refractivity contribution is 7.16. The first-order valence-corrected chi connectivity index (χ1v) is 8.47. The number of thiophene rings is 1. The van der Waals surface area contributed by atoms with Crippen LogP contribution in [0.1, 0.15) is 16.0 Å². The molecule has 0 spiro atoms. The van der Waals surface area contributed by atoms with Gasteiger partial charge in [0, 0.05) is 29.3 Å². The smallest absolute Gasteiger partial charge is 0.131 e. The molecule has 0 amide bonds. The quantitative estimate of drug-likeness (QED) is 0.550. The summed E-state index contributed by atoms with van der Waals surface area (Å²) in [5.41, 5.74) is 3.17. The van der Waals surface area contributed by atoms with Crippen molar-refractivity contribution < 1.29 is 4.74 Å². The van der Waals surface area contributed by atoms with Crippen LogP contribution < -0.4 is 4.74 Å². The molecule has 112 valence electrons. The third-order valence-corrected chi connectivity index (χ3v) is 5.11. The standard InChI is InChI=1S/C19H12ClNOS/c20-17-4-2-1-3-13(17)5-6-15-11-14-8-10-22-18-7-9-21-12-16(18)19(14)23-15/h1-4,7,9,11-12H,8,10H2. The number of benzene rings is 1. The maximum absolute atomic E-state index is 6.16. The summed E-state index contributed by atoms with van der Waals surface area (Å²) in [4.78, 5) is 6.46. The Balaban J connectivity index is 1.75. The highest BCUT2D eigenvalue weighted by Gasteiger charge is 2.18. The van der Waals surface area contributed by atoms with Gasteiger partial charge in [-0.15, -0.1) is 11.3 Å². The van der Waals surface area contributed by atoms with E-state index < -0.39 is 0 Å². The summed E-state index contributed by atoms with van der Waals surface area (Å²) in [7, 11) is 0. The Morgan fingerprint density at radius 3 is 3.00 bits per heavy atom. The van der Waals surface area contributed by atoms with Crippen LogP contribution in [-0.2, 0) is 6.42 Å². The van der Waals surface area contributed by atoms with E-state index in [4.69, 9.17) is 16.3 Å². The molecule has 0 N–H and O–H groups in total. The van der Waals surface area contributed by atoms with Crippen molar-refractivity contribution in [1.82, 2.24) is 4.98 Å². The average molecular weight is 338 g/mol. The molecule has 0 saturated heterocycles. The number of halogens is 1. The predicted molar refractivity (Wildman–Crippen MR) is 94.2 cm³/mol. The van der Waals surface area contributed by atoms with Crippen molar-refractivity contribution in [2.75, 3.05) is 6.61 Å². The van der Waals surface area contributed by atoms with Crippen LogP contribution >= 0.6 is 22.9 Å². The van der Waals surface area contributed by atoms with Gasteiger partial charge in [-0.05, 0) is 29.8 Å². The Morgan fingerprint density at radius 2 is 2.09 bits per heavy atom. The van der Waals surface area contributed by atoms with Crippen molar-refractivity contribution in [2.24, 2.45) is 0 Å². The van der Waals surface area contributed by atoms with E-state index >= 15 is 0 Å². The molecular formula is C19H12ClNOS. The average Bonchev–Trinajstić information content (AvgIpc) is 2.90. The first kappa shape index (κ1) is 14.3. The zero-order valence-electron chi connectivity index (χ0n) is 12.2. The minimum absolute atomic E-state index is 0.679. The molecule has 4 heteroatoms. The van der Waals surface area contributed by atoms with Crippen molar-refractivity contribution in [3.8, 4) is 28.0 Å². The van der Waals surface area contributed by atoms with Crippen LogP contribution in [0.15, 0.2) is 48.8 Å². The van der Waals surface area contributed by atoms with Gasteiger partial charge in [-0.2, -0.15) is 0 Å². The molecule has 0 bridgehead atoms. The summed E-state index contributed by atoms with van der Waals surface area (Å²) < 4.78 is 5.79. The predicted octanol–water partition coefficient (Wildman–Crippen LogP) is 4.80. The van der Waals surface area contributed by atoms with E-state index in [1.165, 1.54) is 10.4 Å². The van der Waals surface area contributed by atoms with E-state index in [1.807, 2.05) is 36.5 Å². The van der Waals surface area contributed by atoms with Crippen LogP contribution in [0.2, 0.25) is 5.02 Å². The van der Waals surface area contributed by atoms with Gasteiger partial charge in [-0.1, -0.05) is 35.6 Å². The lowest BCUT2D eigenvalue weighted by Crippen LogP contribution is -1.98. The van der Waals surface area contributed by atoms with Gasteiger partial charge in [-0.25, -0.2) is 0 Å². The minimum Gasteiger partial charge on any atom is -0.492 e. The molecule has 0 fully saturated rings. The second kappa shape index (κ2) is 6.08. The maximum atomic E-state index is 6.16. The monoisotopic (exact) mass is 337 g/mol. The van der Waals surface area contributed by atoms with Crippen LogP contribution in [0.4, 0.5) is 0 Å². The van der Waals surface area contributed by atoms with E-state index in [9.17, 15) is 0 Å². The summed E-state index contributed by atoms with van der Waals surface area (Å²) in [5.74, 6) is 7.29. The normalized spacial score (nSPS) is 12.2. The van der Waals surface area contributed by atoms with Crippen LogP contribution in [0.3, 0.4) is 0 Å². The summed E-state index contributed by atoms with van der Waals surface area (Å²) in [5, 5.41) is 0.682. The lowest BCUT2D eigenvalue weighted by Gasteiger charge is -2.04. The number of fused-ring (bicyclic) bond motifs is 3. The fourth-order valence-corrected chi connectivity index (χ4v) is 3.81. The number of pyridine rings is 1. The topological polar surface area (TPSA) is 22.1 Å². The third kappa shape index (κ3) is 2.84. The van der Waals surface area contributed by atoms with Gasteiger partial charge < -0.3 is 4.74 Å². The number of hydrogen-bond donors (Lipinski definition) is 0. The third-order valence-electron chi connectivity index (χ3n) is 3.66. The first-order valence-electron chi connectivity index (χ1n) is 7.28. The molecule has 1 aliphatic heterocycles. The molecule has 23 heavy (non-hydrogen) atoms. The van der Waals surface area contributed by atoms with E-state index in [1.54, 1.807) is 17.5 Å². The molecule has 1 aliphatic rings. The zero-order valence-corrected chi connectivity index (χ0v) is 13.7. The largest absolute Gasteiger partial charge is 0.492 e. The van der Waals surface area contributed by atoms with Gasteiger partial charge in [0.1, 0.15) is 5.75 Å². The molecule has 4 rings (SSSR count). The van der Waals surface area contributed by atoms with Gasteiger partial charge in [0.15, 0.2) is 0 Å². The molecular weight excluding hydrogens is 326 g/mol. The Hall–Kier alpha value is -2.28. The first-order chi connectivity index (χ1) is 11.3. The Labute approximate surface area is 143 Å². The second-order valence-electron chi connectivity index (χ2n) is 5.17. The molecule has 2 aromatic heterocycles. The van der Waals surface area contributed by atoms with E-state index in [2.05, 4.69) is 22.9 Å². The molecule has 0 aliphatic carbocycles. The number of hydrogen-bond acceptors (Lipinski definition) is 3. The van der Waals surface area contributed by atoms with Crippen LogP contribution in [0, 0.1) is 11.8 Å². The Kier molecular flexibility index (Phi) is 3.78. The maximum Gasteiger partial charge on any atom is 0.131 e. The van der Waals surface area contributed by atoms with E-state index in [0.29, 0.717) is 11.6 Å². The second-order valence-corrected chi connectivity index (χ2v) is 6.62. The van der Waals surface area contributed by atoms with E-state index in [-0.39, 0.29) is 0 Å². The Morgan fingerprint density at radius 1 is 1.17 bits per heavy atom. The molecule has 1 aromatic carbocycles. The van der Waals surface area contributed by atoms with E-state index in [0.717, 1.165) is 28.2 Å². The Bertz CT molecular complexity index is 936. The minimum atomic E-state index is 0.679. The molecule has 0 atom stereocenters. The molecule has 0 saturated carbocycles. The summed E-state index contributed by atoms with van der Waals surface area (Å²) >= 11 is 7.84. The summed E-state index contributed by atoms with van der Waals surface area (Å²) in [6.45, 7) is 0.679. The molecule has 0 unspecified atom stereocenters. The van der Waals surface area contributed by atoms with Gasteiger partial charge in [-0.3, -0.25) is 4.98 Å². The number of nitrogens with zero attached hydrogens (tertiary/aromatic N) is 1. The molecule has 0 radical (unpaired) electrons. The van der Waals surface area contributed by atoms with Gasteiger partial charge in [0.2, 0.25) is 0 Å². The summed E-state index contributed by atoms with van der Waals surface area (Å²) in [6, 6.07) is 11.7. The lowest BCUT2D eigenvalue weighted by molar-refractivity contribution is 0.326. The van der Waals surface area contributed by atoms with Crippen LogP contribution in [0.25, 0.3) is 10.4 Å². The van der Waals surface area contributed by atoms with Gasteiger partial charge in [0.05, 0.1) is 22.1 Å². The number of rotatable bonds is 0. The van der Waals surface area contributed by atoms with Crippen LogP contribution in [0.5, 0.6) is 5.75 Å². The van der Waals surface area contributed by atoms with Crippen LogP contribution in [-0.4, -0.2) is 11.6 Å². The van der Waals surface area contributed by atoms with Crippen molar-refractivity contribution in [2.45, 2.75) is 6.42 Å². The molecule has 2 nitrogen and oxygen atoms in total. The lowest BCUT2D eigenvalue weighted by atomic mass is 10.1.